The van der Waals surface area contributed by atoms with Crippen LogP contribution in [-0.4, -0.2) is 18.5 Å². The van der Waals surface area contributed by atoms with Crippen LogP contribution in [0.3, 0.4) is 0 Å². The molecule has 0 bridgehead atoms. The molecule has 1 aromatic heterocycles. The molecule has 0 spiro atoms. The van der Waals surface area contributed by atoms with Crippen molar-refractivity contribution in [1.82, 2.24) is 0 Å². The molecule has 3 aromatic rings. The van der Waals surface area contributed by atoms with E-state index in [4.69, 9.17) is 9.15 Å². The standard InChI is InChI=1S/C19H14BrNO5/c1-11-6-7-14(13(20)8-11)21-18(23)10-25-19(24)17-9-15(22)12-4-2-3-5-16(12)26-17/h2-9H,10H2,1H3,(H,21,23). The number of rotatable bonds is 4. The fraction of sp³-hybridized carbons (Fsp3) is 0.105. The summed E-state index contributed by atoms with van der Waals surface area (Å²) in [6.07, 6.45) is 0. The Labute approximate surface area is 156 Å². The molecule has 1 N–H and O–H groups in total. The highest BCUT2D eigenvalue weighted by Gasteiger charge is 2.16. The first kappa shape index (κ1) is 17.9. The first-order chi connectivity index (χ1) is 12.4. The van der Waals surface area contributed by atoms with Crippen molar-refractivity contribution in [2.75, 3.05) is 11.9 Å². The van der Waals surface area contributed by atoms with Gasteiger partial charge in [-0.25, -0.2) is 4.79 Å². The average molecular weight is 416 g/mol. The van der Waals surface area contributed by atoms with E-state index in [1.165, 1.54) is 0 Å². The first-order valence-corrected chi connectivity index (χ1v) is 8.49. The van der Waals surface area contributed by atoms with Gasteiger partial charge in [0.2, 0.25) is 5.76 Å². The molecule has 0 unspecified atom stereocenters. The molecule has 26 heavy (non-hydrogen) atoms. The average Bonchev–Trinajstić information content (AvgIpc) is 2.62. The Bertz CT molecular complexity index is 1060. The lowest BCUT2D eigenvalue weighted by molar-refractivity contribution is -0.119. The van der Waals surface area contributed by atoms with Crippen LogP contribution in [0.25, 0.3) is 11.0 Å². The number of esters is 1. The van der Waals surface area contributed by atoms with E-state index < -0.39 is 18.5 Å². The Hall–Kier alpha value is -2.93. The van der Waals surface area contributed by atoms with E-state index in [0.29, 0.717) is 11.1 Å². The molecule has 6 nitrogen and oxygen atoms in total. The molecule has 0 fully saturated rings. The molecule has 0 atom stereocenters. The number of carbonyl (C=O) groups is 2. The summed E-state index contributed by atoms with van der Waals surface area (Å²) in [4.78, 5) is 36.0. The second kappa shape index (κ2) is 7.53. The van der Waals surface area contributed by atoms with Crippen molar-refractivity contribution in [3.8, 4) is 0 Å². The number of fused-ring (bicyclic) bond motifs is 1. The highest BCUT2D eigenvalue weighted by molar-refractivity contribution is 9.10. The van der Waals surface area contributed by atoms with Crippen molar-refractivity contribution in [3.05, 3.63) is 74.6 Å². The van der Waals surface area contributed by atoms with Crippen LogP contribution < -0.4 is 10.7 Å². The van der Waals surface area contributed by atoms with Gasteiger partial charge < -0.3 is 14.5 Å². The van der Waals surface area contributed by atoms with Gasteiger partial charge in [-0.15, -0.1) is 0 Å². The number of benzene rings is 2. The van der Waals surface area contributed by atoms with Crippen LogP contribution in [-0.2, 0) is 9.53 Å². The number of anilines is 1. The minimum absolute atomic E-state index is 0.252. The fourth-order valence-electron chi connectivity index (χ4n) is 2.31. The van der Waals surface area contributed by atoms with E-state index in [2.05, 4.69) is 21.2 Å². The van der Waals surface area contributed by atoms with Gasteiger partial charge in [0.05, 0.1) is 11.1 Å². The molecule has 2 aromatic carbocycles. The topological polar surface area (TPSA) is 85.6 Å². The number of para-hydroxylation sites is 1. The Morgan fingerprint density at radius 3 is 2.69 bits per heavy atom. The van der Waals surface area contributed by atoms with E-state index in [1.54, 1.807) is 30.3 Å². The molecule has 0 radical (unpaired) electrons. The number of aryl methyl sites for hydroxylation is 1. The van der Waals surface area contributed by atoms with Crippen LogP contribution in [0, 0.1) is 6.92 Å². The summed E-state index contributed by atoms with van der Waals surface area (Å²) in [5.41, 5.74) is 1.52. The molecule has 0 aliphatic carbocycles. The number of ether oxygens (including phenoxy) is 1. The van der Waals surface area contributed by atoms with Crippen LogP contribution >= 0.6 is 15.9 Å². The number of nitrogens with one attached hydrogen (secondary N) is 1. The van der Waals surface area contributed by atoms with Crippen molar-refractivity contribution in [1.29, 1.82) is 0 Å². The Morgan fingerprint density at radius 1 is 1.15 bits per heavy atom. The number of amides is 1. The molecular weight excluding hydrogens is 402 g/mol. The third kappa shape index (κ3) is 4.00. The number of carbonyl (C=O) groups excluding carboxylic acids is 2. The van der Waals surface area contributed by atoms with E-state index in [1.807, 2.05) is 19.1 Å². The fourth-order valence-corrected chi connectivity index (χ4v) is 2.91. The van der Waals surface area contributed by atoms with Crippen LogP contribution in [0.5, 0.6) is 0 Å². The summed E-state index contributed by atoms with van der Waals surface area (Å²) >= 11 is 3.35. The second-order valence-electron chi connectivity index (χ2n) is 5.58. The smallest absolute Gasteiger partial charge is 0.374 e. The predicted octanol–water partition coefficient (Wildman–Crippen LogP) is 3.66. The normalized spacial score (nSPS) is 10.5. The van der Waals surface area contributed by atoms with Crippen molar-refractivity contribution < 1.29 is 18.7 Å². The molecule has 132 valence electrons. The Balaban J connectivity index is 1.67. The van der Waals surface area contributed by atoms with Crippen LogP contribution in [0.1, 0.15) is 16.1 Å². The molecular formula is C19H14BrNO5. The summed E-state index contributed by atoms with van der Waals surface area (Å²) < 4.78 is 11.0. The summed E-state index contributed by atoms with van der Waals surface area (Å²) in [6.45, 7) is 1.42. The summed E-state index contributed by atoms with van der Waals surface area (Å²) in [7, 11) is 0. The zero-order valence-corrected chi connectivity index (χ0v) is 15.3. The molecule has 1 heterocycles. The van der Waals surface area contributed by atoms with Crippen molar-refractivity contribution in [3.63, 3.8) is 0 Å². The molecule has 3 rings (SSSR count). The van der Waals surface area contributed by atoms with Gasteiger partial charge in [-0.05, 0) is 52.7 Å². The van der Waals surface area contributed by atoms with Gasteiger partial charge in [0.25, 0.3) is 5.91 Å². The van der Waals surface area contributed by atoms with Gasteiger partial charge in [0.15, 0.2) is 12.0 Å². The number of hydrogen-bond donors (Lipinski definition) is 1. The van der Waals surface area contributed by atoms with Crippen molar-refractivity contribution in [2.45, 2.75) is 6.92 Å². The maximum absolute atomic E-state index is 12.1. The van der Waals surface area contributed by atoms with E-state index in [9.17, 15) is 14.4 Å². The minimum atomic E-state index is -0.883. The van der Waals surface area contributed by atoms with Gasteiger partial charge in [-0.3, -0.25) is 9.59 Å². The zero-order chi connectivity index (χ0) is 18.7. The zero-order valence-electron chi connectivity index (χ0n) is 13.7. The lowest BCUT2D eigenvalue weighted by Gasteiger charge is -2.08. The summed E-state index contributed by atoms with van der Waals surface area (Å²) in [6, 6.07) is 13.1. The third-order valence-corrected chi connectivity index (χ3v) is 4.22. The Morgan fingerprint density at radius 2 is 1.92 bits per heavy atom. The quantitative estimate of drug-likeness (QED) is 0.657. The van der Waals surface area contributed by atoms with Crippen LogP contribution in [0.4, 0.5) is 5.69 Å². The second-order valence-corrected chi connectivity index (χ2v) is 6.43. The van der Waals surface area contributed by atoms with E-state index in [0.717, 1.165) is 16.1 Å². The third-order valence-electron chi connectivity index (χ3n) is 3.57. The number of hydrogen-bond acceptors (Lipinski definition) is 5. The Kier molecular flexibility index (Phi) is 5.18. The van der Waals surface area contributed by atoms with Gasteiger partial charge in [0, 0.05) is 10.5 Å². The molecule has 0 aliphatic rings. The molecule has 0 saturated carbocycles. The molecule has 0 saturated heterocycles. The molecule has 1 amide bonds. The lowest BCUT2D eigenvalue weighted by Crippen LogP contribution is -2.21. The summed E-state index contributed by atoms with van der Waals surface area (Å²) in [5.74, 6) is -1.64. The molecule has 7 heteroatoms. The van der Waals surface area contributed by atoms with Crippen molar-refractivity contribution >= 4 is 44.5 Å². The monoisotopic (exact) mass is 415 g/mol. The van der Waals surface area contributed by atoms with E-state index >= 15 is 0 Å². The highest BCUT2D eigenvalue weighted by Crippen LogP contribution is 2.23. The van der Waals surface area contributed by atoms with Crippen LogP contribution in [0.15, 0.2) is 62.2 Å². The van der Waals surface area contributed by atoms with Gasteiger partial charge in [-0.2, -0.15) is 0 Å². The van der Waals surface area contributed by atoms with Gasteiger partial charge in [-0.1, -0.05) is 18.2 Å². The van der Waals surface area contributed by atoms with Crippen LogP contribution in [0.2, 0.25) is 0 Å². The molecule has 0 aliphatic heterocycles. The van der Waals surface area contributed by atoms with Gasteiger partial charge in [0.1, 0.15) is 5.58 Å². The van der Waals surface area contributed by atoms with Crippen molar-refractivity contribution in [2.24, 2.45) is 0 Å². The minimum Gasteiger partial charge on any atom is -0.450 e. The maximum atomic E-state index is 12.1. The first-order valence-electron chi connectivity index (χ1n) is 7.70. The summed E-state index contributed by atoms with van der Waals surface area (Å²) in [5, 5.41) is 3.00. The predicted molar refractivity (Wildman–Crippen MR) is 100 cm³/mol. The largest absolute Gasteiger partial charge is 0.450 e. The lowest BCUT2D eigenvalue weighted by atomic mass is 10.2. The number of halogens is 1. The highest BCUT2D eigenvalue weighted by atomic mass is 79.9. The maximum Gasteiger partial charge on any atom is 0.374 e. The van der Waals surface area contributed by atoms with E-state index in [-0.39, 0.29) is 16.8 Å². The van der Waals surface area contributed by atoms with Gasteiger partial charge >= 0.3 is 5.97 Å². The SMILES string of the molecule is Cc1ccc(NC(=O)COC(=O)c2cc(=O)c3ccccc3o2)c(Br)c1.